The Morgan fingerprint density at radius 1 is 1.23 bits per heavy atom. The van der Waals surface area contributed by atoms with Gasteiger partial charge in [-0.2, -0.15) is 0 Å². The molecular weight excluding hydrogens is 387 g/mol. The van der Waals surface area contributed by atoms with Crippen LogP contribution >= 0.6 is 24.0 Å². The zero-order valence-electron chi connectivity index (χ0n) is 12.7. The smallest absolute Gasteiger partial charge is 0.192 e. The Morgan fingerprint density at radius 3 is 2.82 bits per heavy atom. The first kappa shape index (κ1) is 18.2. The summed E-state index contributed by atoms with van der Waals surface area (Å²) >= 11 is 0. The molecule has 0 radical (unpaired) electrons. The van der Waals surface area contributed by atoms with Crippen LogP contribution in [-0.4, -0.2) is 30.6 Å². The number of hydrogen-bond acceptors (Lipinski definition) is 2. The van der Waals surface area contributed by atoms with Gasteiger partial charge in [0.2, 0.25) is 0 Å². The number of halogens is 1. The second-order valence-electron chi connectivity index (χ2n) is 4.56. The molecule has 116 valence electrons. The molecule has 0 fully saturated rings. The highest BCUT2D eigenvalue weighted by molar-refractivity contribution is 14.0. The van der Waals surface area contributed by atoms with Crippen molar-refractivity contribution < 1.29 is 0 Å². The van der Waals surface area contributed by atoms with E-state index in [1.807, 2.05) is 25.1 Å². The van der Waals surface area contributed by atoms with Crippen molar-refractivity contribution in [3.8, 4) is 12.3 Å². The quantitative estimate of drug-likeness (QED) is 0.346. The molecule has 22 heavy (non-hydrogen) atoms. The summed E-state index contributed by atoms with van der Waals surface area (Å²) in [5.41, 5.74) is 2.07. The predicted molar refractivity (Wildman–Crippen MR) is 104 cm³/mol. The fraction of sp³-hybridized carbons (Fsp3) is 0.294. The van der Waals surface area contributed by atoms with Gasteiger partial charge in [0.1, 0.15) is 0 Å². The molecule has 2 rings (SSSR count). The number of hydrogen-bond donors (Lipinski definition) is 2. The first-order valence-corrected chi connectivity index (χ1v) is 7.14. The molecule has 1 aromatic heterocycles. The van der Waals surface area contributed by atoms with Crippen molar-refractivity contribution in [2.24, 2.45) is 4.99 Å². The normalized spacial score (nSPS) is 10.6. The molecule has 0 saturated heterocycles. The lowest BCUT2D eigenvalue weighted by atomic mass is 10.2. The van der Waals surface area contributed by atoms with Gasteiger partial charge >= 0.3 is 0 Å². The second kappa shape index (κ2) is 10.0. The molecule has 0 saturated carbocycles. The molecule has 0 bridgehead atoms. The molecule has 2 N–H and O–H groups in total. The van der Waals surface area contributed by atoms with E-state index in [1.165, 1.54) is 0 Å². The molecule has 5 heteroatoms. The van der Waals surface area contributed by atoms with E-state index in [-0.39, 0.29) is 24.0 Å². The van der Waals surface area contributed by atoms with Gasteiger partial charge in [0, 0.05) is 30.6 Å². The van der Waals surface area contributed by atoms with Crippen LogP contribution < -0.4 is 10.6 Å². The Bertz CT molecular complexity index is 661. The van der Waals surface area contributed by atoms with Gasteiger partial charge in [-0.1, -0.05) is 30.2 Å². The van der Waals surface area contributed by atoms with E-state index in [4.69, 9.17) is 6.42 Å². The topological polar surface area (TPSA) is 49.3 Å². The van der Waals surface area contributed by atoms with E-state index >= 15 is 0 Å². The van der Waals surface area contributed by atoms with Crippen molar-refractivity contribution >= 4 is 40.8 Å². The number of terminal acetylenes is 1. The Morgan fingerprint density at radius 2 is 2.05 bits per heavy atom. The van der Waals surface area contributed by atoms with Gasteiger partial charge in [-0.15, -0.1) is 30.4 Å². The number of fused-ring (bicyclic) bond motifs is 1. The minimum atomic E-state index is 0. The average Bonchev–Trinajstić information content (AvgIpc) is 2.52. The lowest BCUT2D eigenvalue weighted by molar-refractivity contribution is 0.849. The maximum atomic E-state index is 5.24. The van der Waals surface area contributed by atoms with Crippen LogP contribution in [0.4, 0.5) is 0 Å². The Balaban J connectivity index is 0.00000242. The van der Waals surface area contributed by atoms with Crippen LogP contribution in [0.15, 0.2) is 41.4 Å². The van der Waals surface area contributed by atoms with Crippen molar-refractivity contribution in [3.63, 3.8) is 0 Å². The zero-order valence-corrected chi connectivity index (χ0v) is 15.0. The second-order valence-corrected chi connectivity index (χ2v) is 4.56. The molecule has 0 spiro atoms. The molecule has 4 nitrogen and oxygen atoms in total. The van der Waals surface area contributed by atoms with Gasteiger partial charge in [0.15, 0.2) is 5.96 Å². The summed E-state index contributed by atoms with van der Waals surface area (Å²) in [6.45, 7) is 3.98. The number of pyridine rings is 1. The highest BCUT2D eigenvalue weighted by Gasteiger charge is 1.99. The summed E-state index contributed by atoms with van der Waals surface area (Å²) in [7, 11) is 0. The summed E-state index contributed by atoms with van der Waals surface area (Å²) in [6.07, 6.45) is 6.04. The fourth-order valence-electron chi connectivity index (χ4n) is 2.01. The first-order valence-electron chi connectivity index (χ1n) is 7.14. The minimum Gasteiger partial charge on any atom is -0.357 e. The number of aliphatic imine (C=N–C) groups is 1. The van der Waals surface area contributed by atoms with E-state index in [1.54, 1.807) is 0 Å². The molecule has 0 aliphatic rings. The molecule has 0 aliphatic carbocycles. The lowest BCUT2D eigenvalue weighted by Gasteiger charge is -2.08. The van der Waals surface area contributed by atoms with Crippen molar-refractivity contribution in [1.82, 2.24) is 15.6 Å². The molecule has 0 amide bonds. The third-order valence-electron chi connectivity index (χ3n) is 3.00. The maximum Gasteiger partial charge on any atom is 0.192 e. The third kappa shape index (κ3) is 5.53. The van der Waals surface area contributed by atoms with Crippen LogP contribution in [0.2, 0.25) is 0 Å². The Labute approximate surface area is 148 Å². The minimum absolute atomic E-state index is 0. The molecule has 1 aromatic carbocycles. The Kier molecular flexibility index (Phi) is 8.30. The summed E-state index contributed by atoms with van der Waals surface area (Å²) in [4.78, 5) is 9.12. The number of nitrogens with one attached hydrogen (secondary N) is 2. The summed E-state index contributed by atoms with van der Waals surface area (Å²) in [6, 6.07) is 12.3. The van der Waals surface area contributed by atoms with Gasteiger partial charge < -0.3 is 10.6 Å². The number of aromatic nitrogens is 1. The standard InChI is InChI=1S/C17H20N4.HI/c1-3-12-19-17(18-4-2)20-13-11-15-10-9-14-7-5-6-8-16(14)21-15;/h1,5-10H,4,11-13H2,2H3,(H2,18,19,20);1H. The fourth-order valence-corrected chi connectivity index (χ4v) is 2.01. The van der Waals surface area contributed by atoms with E-state index in [2.05, 4.69) is 44.7 Å². The van der Waals surface area contributed by atoms with Gasteiger partial charge in [-0.25, -0.2) is 0 Å². The Hall–Kier alpha value is -1.81. The molecule has 0 aliphatic heterocycles. The molecular formula is C17H21IN4. The monoisotopic (exact) mass is 408 g/mol. The number of rotatable bonds is 5. The van der Waals surface area contributed by atoms with Gasteiger partial charge in [0.05, 0.1) is 12.1 Å². The van der Waals surface area contributed by atoms with Gasteiger partial charge in [0.25, 0.3) is 0 Å². The third-order valence-corrected chi connectivity index (χ3v) is 3.00. The van der Waals surface area contributed by atoms with E-state index in [9.17, 15) is 0 Å². The molecule has 0 unspecified atom stereocenters. The number of benzene rings is 1. The van der Waals surface area contributed by atoms with Gasteiger partial charge in [-0.05, 0) is 19.1 Å². The highest BCUT2D eigenvalue weighted by Crippen LogP contribution is 2.11. The van der Waals surface area contributed by atoms with Crippen molar-refractivity contribution in [1.29, 1.82) is 0 Å². The van der Waals surface area contributed by atoms with Crippen LogP contribution in [0.1, 0.15) is 12.6 Å². The SMILES string of the molecule is C#CCNC(=NCCc1ccc2ccccc2n1)NCC.I. The molecule has 0 atom stereocenters. The van der Waals surface area contributed by atoms with E-state index in [0.717, 1.165) is 35.5 Å². The van der Waals surface area contributed by atoms with Crippen molar-refractivity contribution in [2.75, 3.05) is 19.6 Å². The van der Waals surface area contributed by atoms with Crippen LogP contribution in [0, 0.1) is 12.3 Å². The molecule has 2 aromatic rings. The number of para-hydroxylation sites is 1. The average molecular weight is 408 g/mol. The number of nitrogens with zero attached hydrogens (tertiary/aromatic N) is 2. The van der Waals surface area contributed by atoms with Crippen molar-refractivity contribution in [2.45, 2.75) is 13.3 Å². The number of guanidine groups is 1. The van der Waals surface area contributed by atoms with Gasteiger partial charge in [-0.3, -0.25) is 9.98 Å². The predicted octanol–water partition coefficient (Wildman–Crippen LogP) is 2.58. The van der Waals surface area contributed by atoms with E-state index in [0.29, 0.717) is 13.1 Å². The van der Waals surface area contributed by atoms with Crippen LogP contribution in [0.3, 0.4) is 0 Å². The van der Waals surface area contributed by atoms with Crippen LogP contribution in [0.5, 0.6) is 0 Å². The largest absolute Gasteiger partial charge is 0.357 e. The van der Waals surface area contributed by atoms with Crippen molar-refractivity contribution in [3.05, 3.63) is 42.1 Å². The first-order chi connectivity index (χ1) is 10.3. The van der Waals surface area contributed by atoms with Crippen LogP contribution in [-0.2, 0) is 6.42 Å². The van der Waals surface area contributed by atoms with Crippen LogP contribution in [0.25, 0.3) is 10.9 Å². The lowest BCUT2D eigenvalue weighted by Crippen LogP contribution is -2.37. The summed E-state index contributed by atoms with van der Waals surface area (Å²) < 4.78 is 0. The summed E-state index contributed by atoms with van der Waals surface area (Å²) in [5.74, 6) is 3.29. The molecule has 1 heterocycles. The zero-order chi connectivity index (χ0) is 14.9. The maximum absolute atomic E-state index is 5.24. The van der Waals surface area contributed by atoms with E-state index < -0.39 is 0 Å². The summed E-state index contributed by atoms with van der Waals surface area (Å²) in [5, 5.41) is 7.39. The highest BCUT2D eigenvalue weighted by atomic mass is 127.